The lowest BCUT2D eigenvalue weighted by Gasteiger charge is -2.34. The Hall–Kier alpha value is -7.92. The van der Waals surface area contributed by atoms with Crippen LogP contribution in [0.4, 0.5) is 44.2 Å². The molecule has 7 aromatic carbocycles. The van der Waals surface area contributed by atoms with Crippen molar-refractivity contribution in [2.45, 2.75) is 77.3 Å². The van der Waals surface area contributed by atoms with E-state index in [2.05, 4.69) is 159 Å². The maximum Gasteiger partial charge on any atom is 0.438 e. The number of ether oxygens (including phenoxy) is 1. The van der Waals surface area contributed by atoms with Gasteiger partial charge in [0.05, 0.1) is 61.9 Å². The van der Waals surface area contributed by atoms with Gasteiger partial charge in [0.25, 0.3) is 17.3 Å². The predicted molar refractivity (Wildman–Crippen MR) is 460 cm³/mol. The fraction of sp³-hybridized carbons (Fsp3) is 0.247. The molecule has 566 valence electrons. The highest BCUT2D eigenvalue weighted by molar-refractivity contribution is 14.1. The zero-order chi connectivity index (χ0) is 78.6. The molecule has 109 heavy (non-hydrogen) atoms. The van der Waals surface area contributed by atoms with E-state index in [9.17, 15) is 34.4 Å². The number of anilines is 4. The minimum atomic E-state index is -2.75. The number of imidazole rings is 2. The number of nitro benzene ring substituents is 2. The molecule has 0 bridgehead atoms. The Bertz CT molecular complexity index is 5800. The lowest BCUT2D eigenvalue weighted by molar-refractivity contribution is -0.384. The standard InChI is InChI=1S/C48H49FN9O6P.C7H4BrIN2.C6H4BrIN2O2.C6H6BrIN2.C6H5BrN2O2/c1-26-19-34(20-27(2)42(26)49)58-43(56-16-15-55(47(56)61)33-23-37-35(9-13-50-37)40(24-33)65(5,6)62)41-29(4)54(14-10-36(41)52-58)44(59)39-22-32-21-31(30-11-17-63-18-12-30)7-8-38(32)57(39)48(25-28(48)3)45-51-46(60)64-53-45;8-4-1-5(9)7-6(2-4)10-3-11-7;7-3-1-4(8)6(9)5(2-3)10(11)12;7-3-1-4(8)6(10)5(9)2-3;7-4-1-2-5(8)6(3-4)9(10)11/h7-8,13,15-16,19-24,28-30H,9-12,14,17-18,25H2,1-6H3,(H,51,53,60);1-3H,(H,10,11);1-2H,9H2;1-2H,9-10H2;1-3H,8H2/t28-,29-,48-;;;;/m0..../s1. The lowest BCUT2D eigenvalue weighted by Crippen LogP contribution is -2.41. The summed E-state index contributed by atoms with van der Waals surface area (Å²) in [5, 5.41) is 31.6. The second-order valence-corrected chi connectivity index (χ2v) is 37.1. The first kappa shape index (κ1) is 80.6. The van der Waals surface area contributed by atoms with Crippen LogP contribution in [0.5, 0.6) is 0 Å². The number of hydrogen-bond donors (Lipinski definition) is 6. The number of nitrogens with one attached hydrogen (secondary N) is 2. The molecule has 3 aliphatic heterocycles. The number of aliphatic imine (C=N–C) groups is 1. The third kappa shape index (κ3) is 16.7. The summed E-state index contributed by atoms with van der Waals surface area (Å²) < 4.78 is 52.4. The number of carbonyl (C=O) groups excluding carboxylic acids is 1. The number of fused-ring (bicyclic) bond motifs is 4. The maximum atomic E-state index is 15.5. The number of hydrogen-bond acceptors (Lipinski definition) is 18. The van der Waals surface area contributed by atoms with E-state index in [0.29, 0.717) is 131 Å². The molecule has 2 fully saturated rings. The lowest BCUT2D eigenvalue weighted by atomic mass is 9.91. The van der Waals surface area contributed by atoms with Gasteiger partial charge in [-0.2, -0.15) is 5.10 Å². The summed E-state index contributed by atoms with van der Waals surface area (Å²) in [5.41, 5.74) is 31.7. The number of carbonyl (C=O) groups is 1. The molecule has 3 atom stereocenters. The van der Waals surface area contributed by atoms with Crippen molar-refractivity contribution in [1.29, 1.82) is 0 Å². The number of nitrogens with zero attached hydrogens (tertiary/aromatic N) is 11. The average molecular weight is 2090 g/mol. The Balaban J connectivity index is 0.000000200. The minimum absolute atomic E-state index is 0.0180. The quantitative estimate of drug-likeness (QED) is 0.0243. The fourth-order valence-corrected chi connectivity index (χ4v) is 20.1. The molecule has 5 aromatic heterocycles. The molecule has 1 saturated carbocycles. The van der Waals surface area contributed by atoms with Gasteiger partial charge in [-0.05, 0) is 240 Å². The van der Waals surface area contributed by atoms with E-state index in [1.165, 1.54) is 32.9 Å². The largest absolute Gasteiger partial charge is 0.438 e. The normalized spacial score (nSPS) is 16.4. The average Bonchev–Trinajstić information content (AvgIpc) is 1.53. The van der Waals surface area contributed by atoms with Crippen molar-refractivity contribution in [2.24, 2.45) is 10.9 Å². The zero-order valence-electron chi connectivity index (χ0n) is 58.8. The molecular weight excluding hydrogens is 2030 g/mol. The fourth-order valence-electron chi connectivity index (χ4n) is 13.7. The number of aromatic amines is 2. The van der Waals surface area contributed by atoms with Crippen LogP contribution in [0, 0.1) is 56.5 Å². The van der Waals surface area contributed by atoms with Crippen molar-refractivity contribution in [3.63, 3.8) is 0 Å². The van der Waals surface area contributed by atoms with E-state index in [1.54, 1.807) is 87.1 Å². The molecular formula is C73H68Br4FI3N17O10P. The van der Waals surface area contributed by atoms with Crippen LogP contribution in [0.15, 0.2) is 159 Å². The number of aryl methyl sites for hydroxylation is 2. The third-order valence-corrected chi connectivity index (χ3v) is 25.3. The zero-order valence-corrected chi connectivity index (χ0v) is 72.5. The van der Waals surface area contributed by atoms with Crippen LogP contribution in [0.3, 0.4) is 0 Å². The molecule has 12 aromatic rings. The Morgan fingerprint density at radius 2 is 1.41 bits per heavy atom. The number of aromatic nitrogens is 9. The predicted octanol–water partition coefficient (Wildman–Crippen LogP) is 16.8. The van der Waals surface area contributed by atoms with Crippen molar-refractivity contribution in [3.8, 4) is 17.2 Å². The third-order valence-electron chi connectivity index (χ3n) is 19.2. The summed E-state index contributed by atoms with van der Waals surface area (Å²) in [6.45, 7) is 12.6. The summed E-state index contributed by atoms with van der Waals surface area (Å²) in [7, 11) is -2.75. The van der Waals surface area contributed by atoms with Gasteiger partial charge in [0.15, 0.2) is 5.82 Å². The van der Waals surface area contributed by atoms with E-state index >= 15 is 9.18 Å². The number of nitro groups is 2. The van der Waals surface area contributed by atoms with Gasteiger partial charge in [0.2, 0.25) is 0 Å². The molecule has 27 nitrogen and oxygen atoms in total. The van der Waals surface area contributed by atoms with Gasteiger partial charge < -0.3 is 46.7 Å². The summed E-state index contributed by atoms with van der Waals surface area (Å²) >= 11 is 19.3. The minimum Gasteiger partial charge on any atom is -0.397 e. The summed E-state index contributed by atoms with van der Waals surface area (Å²) in [4.78, 5) is 78.9. The van der Waals surface area contributed by atoms with Crippen LogP contribution in [0.2, 0.25) is 0 Å². The van der Waals surface area contributed by atoms with Crippen LogP contribution >= 0.6 is 139 Å². The van der Waals surface area contributed by atoms with Gasteiger partial charge >= 0.3 is 11.4 Å². The van der Waals surface area contributed by atoms with E-state index in [-0.39, 0.29) is 40.4 Å². The monoisotopic (exact) mass is 2090 g/mol. The van der Waals surface area contributed by atoms with Crippen molar-refractivity contribution in [1.82, 2.24) is 48.5 Å². The number of H-pyrrole nitrogens is 2. The first-order chi connectivity index (χ1) is 51.6. The molecule has 0 spiro atoms. The number of benzene rings is 7. The molecule has 0 unspecified atom stereocenters. The Morgan fingerprint density at radius 1 is 0.771 bits per heavy atom. The van der Waals surface area contributed by atoms with Crippen molar-refractivity contribution >= 4 is 218 Å². The second-order valence-electron chi connectivity index (χ2n) is 26.7. The van der Waals surface area contributed by atoms with Gasteiger partial charge in [-0.25, -0.2) is 23.6 Å². The molecule has 16 rings (SSSR count). The SMILES string of the molecule is Brc1cc(I)c2nc[nH]c2c1.Cc1cc(-n2nc3c(c2-n2ccn(-c4cc5c(c(P(C)(C)=O)c4)CC=N5)c2=O)[C@H](C)N(C(=O)c2cc4cc(C5CCOCC5)ccc4n2[C@@]2(c4noc(=O)[nH]4)C[C@@H]2C)CC3)cc(C)c1F.Nc1c(I)cc(Br)cc1[N+](=O)[O-].Nc1cc(Br)cc(I)c1N.Nc1ccc(Br)cc1[N+](=O)[O-]. The number of halogens is 8. The number of amides is 1. The number of nitrogen functional groups attached to an aromatic ring is 4. The van der Waals surface area contributed by atoms with E-state index in [0.717, 1.165) is 56.4 Å². The Labute approximate surface area is 696 Å². The van der Waals surface area contributed by atoms with Crippen LogP contribution in [0.1, 0.15) is 94.9 Å². The highest BCUT2D eigenvalue weighted by Crippen LogP contribution is 2.56. The van der Waals surface area contributed by atoms with E-state index < -0.39 is 40.0 Å². The highest BCUT2D eigenvalue weighted by Gasteiger charge is 2.59. The number of nitrogens with two attached hydrogens (primary N) is 4. The number of rotatable bonds is 10. The van der Waals surface area contributed by atoms with Crippen LogP contribution < -0.4 is 39.7 Å². The van der Waals surface area contributed by atoms with Gasteiger partial charge in [-0.1, -0.05) is 81.9 Å². The smallest absolute Gasteiger partial charge is 0.397 e. The Morgan fingerprint density at radius 3 is 2.05 bits per heavy atom. The van der Waals surface area contributed by atoms with Crippen LogP contribution in [0.25, 0.3) is 39.1 Å². The molecule has 1 amide bonds. The van der Waals surface area contributed by atoms with Crippen molar-refractivity contribution < 1.29 is 32.9 Å². The first-order valence-corrected chi connectivity index (χ1v) is 42.6. The molecule has 1 saturated heterocycles. The van der Waals surface area contributed by atoms with Gasteiger partial charge in [0.1, 0.15) is 46.9 Å². The molecule has 1 aliphatic carbocycles. The van der Waals surface area contributed by atoms with E-state index in [1.807, 2.05) is 75.4 Å². The van der Waals surface area contributed by atoms with Gasteiger partial charge in [-0.3, -0.25) is 48.7 Å². The Kier molecular flexibility index (Phi) is 24.2. The molecule has 8 heterocycles. The molecule has 36 heteroatoms. The van der Waals surface area contributed by atoms with Crippen LogP contribution in [-0.2, 0) is 27.7 Å². The first-order valence-electron chi connectivity index (χ1n) is 33.6. The maximum absolute atomic E-state index is 15.5. The van der Waals surface area contributed by atoms with Gasteiger partial charge in [0, 0.05) is 114 Å². The van der Waals surface area contributed by atoms with E-state index in [4.69, 9.17) is 37.3 Å². The van der Waals surface area contributed by atoms with Crippen molar-refractivity contribution in [3.05, 3.63) is 243 Å². The second kappa shape index (κ2) is 32.8. The molecule has 10 N–H and O–H groups in total. The summed E-state index contributed by atoms with van der Waals surface area (Å²) in [6.07, 6.45) is 10.2. The topological polar surface area (TPSA) is 387 Å². The van der Waals surface area contributed by atoms with Crippen molar-refractivity contribution in [2.75, 3.05) is 56.0 Å². The summed E-state index contributed by atoms with van der Waals surface area (Å²) in [6, 6.07) is 30.2. The van der Waals surface area contributed by atoms with Crippen LogP contribution in [-0.4, -0.2) is 104 Å². The van der Waals surface area contributed by atoms with Gasteiger partial charge in [-0.15, -0.1) is 0 Å². The summed E-state index contributed by atoms with van der Waals surface area (Å²) in [5.74, 6) is -0.0891. The molecule has 4 aliphatic rings. The molecule has 0 radical (unpaired) electrons. The highest BCUT2D eigenvalue weighted by atomic mass is 127.